The molecule has 10 aromatic rings. The Morgan fingerprint density at radius 3 is 1.71 bits per heavy atom. The van der Waals surface area contributed by atoms with Crippen molar-refractivity contribution in [2.24, 2.45) is 0 Å². The Hall–Kier alpha value is -10.2. The van der Waals surface area contributed by atoms with Gasteiger partial charge in [-0.15, -0.1) is 0 Å². The standard InChI is InChI=1S/C61H55N13O4/c1-60(2,3)53-32-55(72(70-53)47-18-8-14-41(30-47)43-35-65-66-36-43)73(58(76)67-44-25-23-39(24-26-44)50-21-10-22-51-52(50)38-64-57(51)75)74(59(77)68-45-16-9-19-48(31-45)78-49-20-12-28-63-37-49)56-33-54(61(4,5)6)69-71(56)46-17-7-13-40(29-46)42-15-11-27-62-34-42/h7-37H,38H2,1-6H3,(H,64,75)(H,65,66)(H,67,76)(H,68,77). The van der Waals surface area contributed by atoms with Gasteiger partial charge in [0, 0.05) is 88.4 Å². The summed E-state index contributed by atoms with van der Waals surface area (Å²) in [6, 6.07) is 45.1. The van der Waals surface area contributed by atoms with Gasteiger partial charge in [-0.25, -0.2) is 19.0 Å². The molecule has 78 heavy (non-hydrogen) atoms. The van der Waals surface area contributed by atoms with Gasteiger partial charge in [-0.2, -0.15) is 25.3 Å². The first kappa shape index (κ1) is 50.0. The first-order valence-electron chi connectivity index (χ1n) is 25.4. The van der Waals surface area contributed by atoms with Crippen LogP contribution in [0, 0.1) is 0 Å². The third kappa shape index (κ3) is 10.3. The number of nitrogens with one attached hydrogen (secondary N) is 4. The number of ether oxygens (including phenoxy) is 1. The highest BCUT2D eigenvalue weighted by molar-refractivity contribution is 6.13. The fraction of sp³-hybridized carbons (Fsp3) is 0.148. The second-order valence-corrected chi connectivity index (χ2v) is 20.8. The van der Waals surface area contributed by atoms with Crippen LogP contribution in [-0.4, -0.2) is 57.7 Å². The van der Waals surface area contributed by atoms with E-state index in [1.54, 1.807) is 95.1 Å². The summed E-state index contributed by atoms with van der Waals surface area (Å²) in [7, 11) is 0. The Bertz CT molecular complexity index is 3820. The number of nitrogens with zero attached hydrogens (tertiary/aromatic N) is 9. The zero-order chi connectivity index (χ0) is 54.1. The van der Waals surface area contributed by atoms with Gasteiger partial charge < -0.3 is 20.7 Å². The van der Waals surface area contributed by atoms with E-state index in [0.717, 1.165) is 38.9 Å². The van der Waals surface area contributed by atoms with Gasteiger partial charge in [0.15, 0.2) is 11.6 Å². The minimum Gasteiger partial charge on any atom is -0.456 e. The number of carbonyl (C=O) groups is 3. The molecule has 6 heterocycles. The van der Waals surface area contributed by atoms with Crippen LogP contribution in [0.2, 0.25) is 0 Å². The number of aromatic amines is 1. The van der Waals surface area contributed by atoms with Crippen LogP contribution >= 0.6 is 0 Å². The third-order valence-electron chi connectivity index (χ3n) is 13.2. The third-order valence-corrected chi connectivity index (χ3v) is 13.2. The maximum absolute atomic E-state index is 16.1. The quantitative estimate of drug-likeness (QED) is 0.0912. The van der Waals surface area contributed by atoms with Crippen LogP contribution in [0.4, 0.5) is 32.6 Å². The Balaban J connectivity index is 1.12. The maximum Gasteiger partial charge on any atom is 0.347 e. The van der Waals surface area contributed by atoms with Gasteiger partial charge in [0.05, 0.1) is 35.2 Å². The molecule has 5 aromatic heterocycles. The van der Waals surface area contributed by atoms with Crippen molar-refractivity contribution in [2.45, 2.75) is 58.9 Å². The summed E-state index contributed by atoms with van der Waals surface area (Å²) in [5.74, 6) is 1.26. The molecule has 1 aliphatic heterocycles. The van der Waals surface area contributed by atoms with E-state index in [9.17, 15) is 4.79 Å². The van der Waals surface area contributed by atoms with E-state index in [2.05, 4.69) is 36.1 Å². The molecule has 0 fully saturated rings. The second-order valence-electron chi connectivity index (χ2n) is 20.8. The number of hydrogen-bond donors (Lipinski definition) is 4. The minimum atomic E-state index is -0.734. The SMILES string of the molecule is CC(C)(C)c1cc(N(C(=O)Nc2cccc(Oc3cccnc3)c2)N(C(=O)Nc2ccc(-c3cccc4c3CNC4=O)cc2)c2cc(C(C)(C)C)nn2-c2cccc(-c3cn[nH]c3)c2)n(-c2cccc(-c3cccnc3)c2)n1. The zero-order valence-corrected chi connectivity index (χ0v) is 43.8. The van der Waals surface area contributed by atoms with Crippen LogP contribution in [0.25, 0.3) is 44.8 Å². The molecule has 5 amide bonds. The van der Waals surface area contributed by atoms with E-state index in [1.807, 2.05) is 145 Å². The van der Waals surface area contributed by atoms with Gasteiger partial charge in [-0.1, -0.05) is 102 Å². The summed E-state index contributed by atoms with van der Waals surface area (Å²) < 4.78 is 9.53. The molecule has 0 atom stereocenters. The summed E-state index contributed by atoms with van der Waals surface area (Å²) in [6.07, 6.45) is 10.3. The number of fused-ring (bicyclic) bond motifs is 1. The number of urea groups is 2. The molecule has 0 unspecified atom stereocenters. The number of aromatic nitrogens is 8. The highest BCUT2D eigenvalue weighted by Crippen LogP contribution is 2.38. The molecular weight excluding hydrogens is 979 g/mol. The summed E-state index contributed by atoms with van der Waals surface area (Å²) in [5, 5.41) is 29.4. The largest absolute Gasteiger partial charge is 0.456 e. The molecule has 1 aliphatic rings. The highest BCUT2D eigenvalue weighted by atomic mass is 16.5. The zero-order valence-electron chi connectivity index (χ0n) is 43.8. The van der Waals surface area contributed by atoms with E-state index < -0.39 is 22.9 Å². The van der Waals surface area contributed by atoms with Crippen molar-refractivity contribution in [3.8, 4) is 56.3 Å². The van der Waals surface area contributed by atoms with Crippen LogP contribution in [-0.2, 0) is 17.4 Å². The average Bonchev–Trinajstić information content (AvgIpc) is 4.43. The molecule has 0 bridgehead atoms. The molecule has 388 valence electrons. The lowest BCUT2D eigenvalue weighted by molar-refractivity contribution is 0.0965. The fourth-order valence-corrected chi connectivity index (χ4v) is 9.12. The van der Waals surface area contributed by atoms with Crippen LogP contribution in [0.3, 0.4) is 0 Å². The van der Waals surface area contributed by atoms with Crippen LogP contribution in [0.15, 0.2) is 189 Å². The number of H-pyrrole nitrogens is 1. The maximum atomic E-state index is 16.1. The topological polar surface area (TPSA) is 193 Å². The Morgan fingerprint density at radius 1 is 0.551 bits per heavy atom. The van der Waals surface area contributed by atoms with Crippen LogP contribution in [0.5, 0.6) is 11.5 Å². The number of anilines is 4. The lowest BCUT2D eigenvalue weighted by Gasteiger charge is -2.34. The van der Waals surface area contributed by atoms with Crippen molar-refractivity contribution in [2.75, 3.05) is 20.7 Å². The molecule has 0 aliphatic carbocycles. The Labute approximate surface area is 450 Å². The lowest BCUT2D eigenvalue weighted by atomic mass is 9.92. The number of amides is 5. The number of benzene rings is 5. The summed E-state index contributed by atoms with van der Waals surface area (Å²) >= 11 is 0. The van der Waals surface area contributed by atoms with Crippen molar-refractivity contribution < 1.29 is 19.1 Å². The molecule has 0 spiro atoms. The smallest absolute Gasteiger partial charge is 0.347 e. The summed E-state index contributed by atoms with van der Waals surface area (Å²) in [6.45, 7) is 12.6. The van der Waals surface area contributed by atoms with Gasteiger partial charge in [0.1, 0.15) is 11.5 Å². The Morgan fingerprint density at radius 2 is 1.12 bits per heavy atom. The second kappa shape index (κ2) is 20.5. The predicted molar refractivity (Wildman–Crippen MR) is 302 cm³/mol. The average molecular weight is 1030 g/mol. The molecule has 17 nitrogen and oxygen atoms in total. The Kier molecular flexibility index (Phi) is 13.2. The lowest BCUT2D eigenvalue weighted by Crippen LogP contribution is -2.55. The molecule has 0 saturated carbocycles. The van der Waals surface area contributed by atoms with Gasteiger partial charge >= 0.3 is 12.1 Å². The van der Waals surface area contributed by atoms with Gasteiger partial charge in [0.2, 0.25) is 0 Å². The molecule has 0 radical (unpaired) electrons. The van der Waals surface area contributed by atoms with Crippen molar-refractivity contribution >= 4 is 41.0 Å². The molecule has 4 N–H and O–H groups in total. The van der Waals surface area contributed by atoms with Gasteiger partial charge in [-0.3, -0.25) is 19.9 Å². The number of hydrogen-bond acceptors (Lipinski definition) is 9. The summed E-state index contributed by atoms with van der Waals surface area (Å²) in [4.78, 5) is 53.4. The summed E-state index contributed by atoms with van der Waals surface area (Å²) in [5.41, 5.74) is 8.83. The highest BCUT2D eigenvalue weighted by Gasteiger charge is 2.38. The molecule has 11 rings (SSSR count). The molecular formula is C61H55N13O4. The van der Waals surface area contributed by atoms with E-state index in [4.69, 9.17) is 14.9 Å². The van der Waals surface area contributed by atoms with E-state index >= 15 is 9.59 Å². The predicted octanol–water partition coefficient (Wildman–Crippen LogP) is 12.9. The van der Waals surface area contributed by atoms with Crippen LogP contribution in [0.1, 0.15) is 68.9 Å². The van der Waals surface area contributed by atoms with Gasteiger partial charge in [0.25, 0.3) is 5.91 Å². The number of pyridine rings is 2. The number of carbonyl (C=O) groups excluding carboxylic acids is 3. The normalized spacial score (nSPS) is 12.2. The van der Waals surface area contributed by atoms with Gasteiger partial charge in [-0.05, 0) is 101 Å². The van der Waals surface area contributed by atoms with Crippen molar-refractivity contribution in [1.82, 2.24) is 45.0 Å². The van der Waals surface area contributed by atoms with Crippen molar-refractivity contribution in [3.63, 3.8) is 0 Å². The fourth-order valence-electron chi connectivity index (χ4n) is 9.12. The van der Waals surface area contributed by atoms with E-state index in [0.29, 0.717) is 57.7 Å². The monoisotopic (exact) mass is 1030 g/mol. The first-order valence-corrected chi connectivity index (χ1v) is 25.4. The molecule has 0 saturated heterocycles. The minimum absolute atomic E-state index is 0.116. The molecule has 17 heteroatoms. The number of rotatable bonds is 11. The first-order chi connectivity index (χ1) is 37.6. The van der Waals surface area contributed by atoms with Crippen molar-refractivity contribution in [1.29, 1.82) is 0 Å². The molecule has 5 aromatic carbocycles. The van der Waals surface area contributed by atoms with E-state index in [1.165, 1.54) is 10.0 Å². The van der Waals surface area contributed by atoms with E-state index in [-0.39, 0.29) is 17.5 Å². The van der Waals surface area contributed by atoms with Crippen molar-refractivity contribution in [3.05, 3.63) is 211 Å². The number of hydrazine groups is 1. The van der Waals surface area contributed by atoms with Crippen LogP contribution < -0.4 is 30.7 Å².